The third-order valence-electron chi connectivity index (χ3n) is 4.73. The van der Waals surface area contributed by atoms with Crippen molar-refractivity contribution in [3.63, 3.8) is 0 Å². The maximum Gasteiger partial charge on any atom is 0.251 e. The van der Waals surface area contributed by atoms with E-state index in [4.69, 9.17) is 0 Å². The van der Waals surface area contributed by atoms with Crippen molar-refractivity contribution in [3.8, 4) is 0 Å². The number of benzene rings is 3. The van der Waals surface area contributed by atoms with E-state index < -0.39 is 0 Å². The predicted octanol–water partition coefficient (Wildman–Crippen LogP) is 4.68. The summed E-state index contributed by atoms with van der Waals surface area (Å²) >= 11 is 1.75. The molecule has 0 saturated carbocycles. The molecule has 29 heavy (non-hydrogen) atoms. The van der Waals surface area contributed by atoms with E-state index in [1.807, 2.05) is 24.3 Å². The Balaban J connectivity index is 1.48. The molecule has 0 fully saturated rings. The van der Waals surface area contributed by atoms with Gasteiger partial charge in [0, 0.05) is 41.1 Å². The SMILES string of the molecule is CNC(=O)c1cccc(NC(=O)CCN2c3ccccc3Sc3ccccc32)c1. The first-order valence-corrected chi connectivity index (χ1v) is 10.2. The van der Waals surface area contributed by atoms with Crippen molar-refractivity contribution in [2.75, 3.05) is 23.8 Å². The molecule has 0 radical (unpaired) electrons. The van der Waals surface area contributed by atoms with Gasteiger partial charge in [0.2, 0.25) is 5.91 Å². The number of amides is 2. The van der Waals surface area contributed by atoms with Crippen molar-refractivity contribution in [1.82, 2.24) is 5.32 Å². The molecule has 4 rings (SSSR count). The first-order chi connectivity index (χ1) is 14.2. The van der Waals surface area contributed by atoms with Gasteiger partial charge in [0.1, 0.15) is 0 Å². The van der Waals surface area contributed by atoms with Gasteiger partial charge in [0.15, 0.2) is 0 Å². The van der Waals surface area contributed by atoms with Crippen molar-refractivity contribution in [1.29, 1.82) is 0 Å². The van der Waals surface area contributed by atoms with Crippen molar-refractivity contribution >= 4 is 40.6 Å². The molecule has 0 aliphatic carbocycles. The molecule has 1 aliphatic heterocycles. The topological polar surface area (TPSA) is 61.4 Å². The van der Waals surface area contributed by atoms with Gasteiger partial charge in [-0.25, -0.2) is 0 Å². The van der Waals surface area contributed by atoms with Crippen LogP contribution in [-0.2, 0) is 4.79 Å². The number of hydrogen-bond acceptors (Lipinski definition) is 4. The Morgan fingerprint density at radius 2 is 1.55 bits per heavy atom. The number of rotatable bonds is 5. The second-order valence-electron chi connectivity index (χ2n) is 6.65. The normalized spacial score (nSPS) is 12.0. The Kier molecular flexibility index (Phi) is 5.53. The summed E-state index contributed by atoms with van der Waals surface area (Å²) in [6.07, 6.45) is 0.331. The van der Waals surface area contributed by atoms with Crippen molar-refractivity contribution in [2.45, 2.75) is 16.2 Å². The van der Waals surface area contributed by atoms with Crippen LogP contribution in [-0.4, -0.2) is 25.4 Å². The zero-order chi connectivity index (χ0) is 20.2. The Morgan fingerprint density at radius 3 is 2.21 bits per heavy atom. The molecule has 146 valence electrons. The molecule has 5 nitrogen and oxygen atoms in total. The highest BCUT2D eigenvalue weighted by molar-refractivity contribution is 7.99. The van der Waals surface area contributed by atoms with Crippen LogP contribution in [0.25, 0.3) is 0 Å². The third kappa shape index (κ3) is 4.12. The molecule has 3 aromatic rings. The van der Waals surface area contributed by atoms with Gasteiger partial charge >= 0.3 is 0 Å². The first-order valence-electron chi connectivity index (χ1n) is 9.41. The van der Waals surface area contributed by atoms with E-state index >= 15 is 0 Å². The number of hydrogen-bond donors (Lipinski definition) is 2. The van der Waals surface area contributed by atoms with Crippen LogP contribution in [0.3, 0.4) is 0 Å². The van der Waals surface area contributed by atoms with Crippen LogP contribution in [0.1, 0.15) is 16.8 Å². The van der Waals surface area contributed by atoms with Crippen LogP contribution in [0.5, 0.6) is 0 Å². The molecule has 0 unspecified atom stereocenters. The summed E-state index contributed by atoms with van der Waals surface area (Å²) in [5, 5.41) is 5.49. The standard InChI is InChI=1S/C23H21N3O2S/c1-24-23(28)16-7-6-8-17(15-16)25-22(27)13-14-26-18-9-2-4-11-20(18)29-21-12-5-3-10-19(21)26/h2-12,15H,13-14H2,1H3,(H,24,28)(H,25,27). The molecule has 2 amide bonds. The summed E-state index contributed by atoms with van der Waals surface area (Å²) in [5.74, 6) is -0.271. The molecular formula is C23H21N3O2S. The van der Waals surface area contributed by atoms with Gasteiger partial charge in [0.05, 0.1) is 11.4 Å². The molecular weight excluding hydrogens is 382 g/mol. The molecule has 0 saturated heterocycles. The van der Waals surface area contributed by atoms with Gasteiger partial charge in [-0.2, -0.15) is 0 Å². The molecule has 0 aromatic heterocycles. The average molecular weight is 404 g/mol. The minimum atomic E-state index is -0.180. The predicted molar refractivity (Wildman–Crippen MR) is 117 cm³/mol. The summed E-state index contributed by atoms with van der Waals surface area (Å²) < 4.78 is 0. The van der Waals surface area contributed by atoms with Crippen molar-refractivity contribution in [2.24, 2.45) is 0 Å². The number of nitrogens with one attached hydrogen (secondary N) is 2. The summed E-state index contributed by atoms with van der Waals surface area (Å²) in [6, 6.07) is 23.4. The fourth-order valence-corrected chi connectivity index (χ4v) is 4.44. The molecule has 3 aromatic carbocycles. The number of carbonyl (C=O) groups is 2. The minimum absolute atomic E-state index is 0.0905. The lowest BCUT2D eigenvalue weighted by Crippen LogP contribution is -2.26. The first kappa shape index (κ1) is 19.1. The van der Waals surface area contributed by atoms with E-state index in [1.54, 1.807) is 43.1 Å². The number of para-hydroxylation sites is 2. The van der Waals surface area contributed by atoms with E-state index in [2.05, 4.69) is 39.8 Å². The van der Waals surface area contributed by atoms with E-state index in [9.17, 15) is 9.59 Å². The van der Waals surface area contributed by atoms with Gasteiger partial charge in [-0.3, -0.25) is 9.59 Å². The van der Waals surface area contributed by atoms with Crippen LogP contribution >= 0.6 is 11.8 Å². The van der Waals surface area contributed by atoms with Gasteiger partial charge in [-0.1, -0.05) is 42.1 Å². The number of fused-ring (bicyclic) bond motifs is 2. The average Bonchev–Trinajstić information content (AvgIpc) is 2.76. The molecule has 6 heteroatoms. The number of carbonyl (C=O) groups excluding carboxylic acids is 2. The molecule has 1 heterocycles. The van der Waals surface area contributed by atoms with Gasteiger partial charge in [-0.15, -0.1) is 0 Å². The van der Waals surface area contributed by atoms with E-state index in [1.165, 1.54) is 9.79 Å². The lowest BCUT2D eigenvalue weighted by molar-refractivity contribution is -0.116. The largest absolute Gasteiger partial charge is 0.355 e. The van der Waals surface area contributed by atoms with Crippen molar-refractivity contribution in [3.05, 3.63) is 78.4 Å². The van der Waals surface area contributed by atoms with Crippen LogP contribution in [0, 0.1) is 0 Å². The molecule has 2 N–H and O–H groups in total. The smallest absolute Gasteiger partial charge is 0.251 e. The maximum atomic E-state index is 12.6. The lowest BCUT2D eigenvalue weighted by Gasteiger charge is -2.32. The summed E-state index contributed by atoms with van der Waals surface area (Å²) in [4.78, 5) is 28.9. The van der Waals surface area contributed by atoms with Crippen LogP contribution in [0.2, 0.25) is 0 Å². The van der Waals surface area contributed by atoms with Gasteiger partial charge in [-0.05, 0) is 42.5 Å². The Bertz CT molecular complexity index is 1020. The maximum absolute atomic E-state index is 12.6. The highest BCUT2D eigenvalue weighted by Crippen LogP contribution is 2.47. The zero-order valence-electron chi connectivity index (χ0n) is 16.0. The van der Waals surface area contributed by atoms with Crippen LogP contribution in [0.4, 0.5) is 17.1 Å². The quantitative estimate of drug-likeness (QED) is 0.649. The van der Waals surface area contributed by atoms with E-state index in [0.29, 0.717) is 24.2 Å². The summed E-state index contributed by atoms with van der Waals surface area (Å²) in [7, 11) is 1.58. The lowest BCUT2D eigenvalue weighted by atomic mass is 10.2. The van der Waals surface area contributed by atoms with Crippen molar-refractivity contribution < 1.29 is 9.59 Å². The fraction of sp³-hybridized carbons (Fsp3) is 0.130. The van der Waals surface area contributed by atoms with E-state index in [-0.39, 0.29) is 11.8 Å². The monoisotopic (exact) mass is 403 g/mol. The second kappa shape index (κ2) is 8.41. The Labute approximate surface area is 174 Å². The Morgan fingerprint density at radius 1 is 0.897 bits per heavy atom. The van der Waals surface area contributed by atoms with Crippen LogP contribution in [0.15, 0.2) is 82.6 Å². The summed E-state index contributed by atoms with van der Waals surface area (Å²) in [6.45, 7) is 0.565. The van der Waals surface area contributed by atoms with Gasteiger partial charge < -0.3 is 15.5 Å². The molecule has 0 spiro atoms. The van der Waals surface area contributed by atoms with Crippen LogP contribution < -0.4 is 15.5 Å². The van der Waals surface area contributed by atoms with E-state index in [0.717, 1.165) is 11.4 Å². The Hall–Kier alpha value is -3.25. The zero-order valence-corrected chi connectivity index (χ0v) is 16.8. The fourth-order valence-electron chi connectivity index (χ4n) is 3.34. The molecule has 1 aliphatic rings. The minimum Gasteiger partial charge on any atom is -0.355 e. The summed E-state index contributed by atoms with van der Waals surface area (Å²) in [5.41, 5.74) is 3.36. The molecule has 0 atom stereocenters. The second-order valence-corrected chi connectivity index (χ2v) is 7.73. The highest BCUT2D eigenvalue weighted by atomic mass is 32.2. The number of anilines is 3. The molecule has 0 bridgehead atoms. The highest BCUT2D eigenvalue weighted by Gasteiger charge is 2.23. The third-order valence-corrected chi connectivity index (χ3v) is 5.86. The number of nitrogens with zero attached hydrogens (tertiary/aromatic N) is 1. The van der Waals surface area contributed by atoms with Gasteiger partial charge in [0.25, 0.3) is 5.91 Å².